The van der Waals surface area contributed by atoms with E-state index in [0.29, 0.717) is 57.8 Å². The lowest BCUT2D eigenvalue weighted by molar-refractivity contribution is -0.163. The van der Waals surface area contributed by atoms with Crippen LogP contribution in [0.1, 0.15) is 75.7 Å². The van der Waals surface area contributed by atoms with Crippen LogP contribution >= 0.6 is 0 Å². The number of amides is 3. The molecule has 1 heterocycles. The first-order valence-electron chi connectivity index (χ1n) is 18.5. The summed E-state index contributed by atoms with van der Waals surface area (Å²) >= 11 is 0. The van der Waals surface area contributed by atoms with Gasteiger partial charge in [-0.15, -0.1) is 0 Å². The predicted molar refractivity (Wildman–Crippen MR) is 200 cm³/mol. The number of methoxy groups -OCH3 is 2. The van der Waals surface area contributed by atoms with Crippen molar-refractivity contribution in [1.29, 1.82) is 0 Å². The number of nitrogens with zero attached hydrogens (tertiary/aromatic N) is 2. The normalized spacial score (nSPS) is 23.3. The van der Waals surface area contributed by atoms with Crippen molar-refractivity contribution in [3.8, 4) is 28.4 Å². The molecule has 12 nitrogen and oxygen atoms in total. The molecule has 4 bridgehead atoms. The summed E-state index contributed by atoms with van der Waals surface area (Å²) in [5, 5.41) is 25.9. The molecule has 0 spiro atoms. The Bertz CT molecular complexity index is 2020. The number of carbonyl (C=O) groups excluding carboxylic acids is 3. The van der Waals surface area contributed by atoms with Crippen LogP contribution in [0, 0.1) is 23.7 Å². The van der Waals surface area contributed by atoms with Crippen molar-refractivity contribution in [1.82, 2.24) is 20.4 Å². The largest absolute Gasteiger partial charge is 0.496 e. The van der Waals surface area contributed by atoms with Gasteiger partial charge in [0.05, 0.1) is 31.2 Å². The fourth-order valence-corrected chi connectivity index (χ4v) is 9.46. The van der Waals surface area contributed by atoms with Gasteiger partial charge in [-0.1, -0.05) is 50.1 Å². The highest BCUT2D eigenvalue weighted by Gasteiger charge is 2.62. The van der Waals surface area contributed by atoms with Gasteiger partial charge in [0.25, 0.3) is 5.91 Å². The Morgan fingerprint density at radius 2 is 1.55 bits per heavy atom. The molecule has 4 N–H and O–H groups in total. The molecule has 0 aliphatic heterocycles. The fourth-order valence-electron chi connectivity index (χ4n) is 9.46. The van der Waals surface area contributed by atoms with Gasteiger partial charge in [0.15, 0.2) is 5.69 Å². The second kappa shape index (κ2) is 14.6. The smallest absolute Gasteiger partial charge is 0.330 e. The number of fused-ring (bicyclic) bond motifs is 1. The van der Waals surface area contributed by atoms with Crippen molar-refractivity contribution < 1.29 is 33.8 Å². The first kappa shape index (κ1) is 36.0. The number of hydrogen-bond donors (Lipinski definition) is 4. The highest BCUT2D eigenvalue weighted by atomic mass is 16.5. The quantitative estimate of drug-likeness (QED) is 0.124. The second-order valence-corrected chi connectivity index (χ2v) is 14.9. The fraction of sp³-hybridized carbons (Fsp3) is 0.439. The lowest BCUT2D eigenvalue weighted by Gasteiger charge is -2.59. The van der Waals surface area contributed by atoms with E-state index in [4.69, 9.17) is 14.6 Å². The Morgan fingerprint density at radius 1 is 0.906 bits per heavy atom. The lowest BCUT2D eigenvalue weighted by Crippen LogP contribution is -2.70. The van der Waals surface area contributed by atoms with Crippen LogP contribution in [0.15, 0.2) is 60.7 Å². The van der Waals surface area contributed by atoms with E-state index in [1.807, 2.05) is 37.3 Å². The molecule has 1 unspecified atom stereocenters. The van der Waals surface area contributed by atoms with E-state index in [1.165, 1.54) is 6.92 Å². The van der Waals surface area contributed by atoms with Gasteiger partial charge in [0, 0.05) is 23.4 Å². The Balaban J connectivity index is 1.32. The molecular formula is C41H47N5O7. The molecule has 4 aliphatic carbocycles. The monoisotopic (exact) mass is 721 g/mol. The number of carboxylic acid groups (broad SMARTS) is 1. The summed E-state index contributed by atoms with van der Waals surface area (Å²) in [4.78, 5) is 52.9. The molecular weight excluding hydrogens is 674 g/mol. The number of unbranched alkanes of at least 4 members (excludes halogenated alkanes) is 1. The number of nitrogens with one attached hydrogen (secondary N) is 3. The molecule has 0 radical (unpaired) electrons. The summed E-state index contributed by atoms with van der Waals surface area (Å²) in [7, 11) is 3.11. The van der Waals surface area contributed by atoms with Crippen LogP contribution in [0.25, 0.3) is 27.7 Å². The third-order valence-corrected chi connectivity index (χ3v) is 11.7. The molecule has 4 aromatic rings. The number of aliphatic carboxylic acids is 1. The standard InChI is InChI=1S/C41H47N5O7/c1-5-6-12-31(42-23(2)47)38(48)43-30-15-16-33(29-11-8-7-10-28(29)30)46-34(37-35(52-3)13-9-14-36(37)53-4)22-32(45-46)39(49)44-41(40(50)51)26-18-24-17-25(20-26)21-27(41)19-24/h7-11,13-16,22,24-27,31H,5-6,12,17-21H2,1-4H3,(H,42,47)(H,43,48)(H,44,49)(H,50,51). The maximum Gasteiger partial charge on any atom is 0.330 e. The van der Waals surface area contributed by atoms with Crippen LogP contribution in [0.5, 0.6) is 11.5 Å². The Hall–Kier alpha value is -5.39. The summed E-state index contributed by atoms with van der Waals surface area (Å²) < 4.78 is 13.2. The summed E-state index contributed by atoms with van der Waals surface area (Å²) in [6.45, 7) is 3.43. The van der Waals surface area contributed by atoms with Crippen LogP contribution in [0.4, 0.5) is 5.69 Å². The minimum Gasteiger partial charge on any atom is -0.496 e. The van der Waals surface area contributed by atoms with E-state index in [9.17, 15) is 24.3 Å². The van der Waals surface area contributed by atoms with Crippen LogP contribution in [0.3, 0.4) is 0 Å². The molecule has 8 rings (SSSR count). The maximum absolute atomic E-state index is 14.3. The lowest BCUT2D eigenvalue weighted by atomic mass is 9.48. The molecule has 1 atom stereocenters. The topological polar surface area (TPSA) is 161 Å². The van der Waals surface area contributed by atoms with Crippen molar-refractivity contribution >= 4 is 40.2 Å². The molecule has 0 saturated heterocycles. The van der Waals surface area contributed by atoms with E-state index in [1.54, 1.807) is 49.2 Å². The van der Waals surface area contributed by atoms with E-state index in [0.717, 1.165) is 50.3 Å². The van der Waals surface area contributed by atoms with Crippen molar-refractivity contribution in [3.63, 3.8) is 0 Å². The third kappa shape index (κ3) is 6.48. The highest BCUT2D eigenvalue weighted by Crippen LogP contribution is 2.58. The summed E-state index contributed by atoms with van der Waals surface area (Å²) in [5.74, 6) is -0.390. The SMILES string of the molecule is CCCCC(NC(C)=O)C(=O)Nc1ccc(-n2nc(C(=O)NC3(C(=O)O)C4CC5CC(C4)CC3C5)cc2-c2c(OC)cccc2OC)c2ccccc12. The molecule has 1 aromatic heterocycles. The molecule has 3 amide bonds. The summed E-state index contributed by atoms with van der Waals surface area (Å²) in [5.41, 5.74) is 0.904. The van der Waals surface area contributed by atoms with Gasteiger partial charge in [-0.2, -0.15) is 5.10 Å². The van der Waals surface area contributed by atoms with Gasteiger partial charge in [0.1, 0.15) is 23.1 Å². The number of anilines is 1. The molecule has 4 saturated carbocycles. The van der Waals surface area contributed by atoms with Crippen molar-refractivity contribution in [2.24, 2.45) is 23.7 Å². The zero-order valence-corrected chi connectivity index (χ0v) is 30.6. The number of rotatable bonds is 13. The Labute approximate surface area is 308 Å². The van der Waals surface area contributed by atoms with Gasteiger partial charge in [-0.25, -0.2) is 9.48 Å². The van der Waals surface area contributed by atoms with Gasteiger partial charge in [-0.05, 0) is 92.5 Å². The zero-order valence-electron chi connectivity index (χ0n) is 30.6. The van der Waals surface area contributed by atoms with Gasteiger partial charge in [-0.3, -0.25) is 14.4 Å². The van der Waals surface area contributed by atoms with E-state index >= 15 is 0 Å². The average Bonchev–Trinajstić information content (AvgIpc) is 3.59. The van der Waals surface area contributed by atoms with Crippen LogP contribution < -0.4 is 25.4 Å². The van der Waals surface area contributed by atoms with Gasteiger partial charge < -0.3 is 30.5 Å². The highest BCUT2D eigenvalue weighted by molar-refractivity contribution is 6.07. The van der Waals surface area contributed by atoms with Crippen molar-refractivity contribution in [2.45, 2.75) is 76.8 Å². The van der Waals surface area contributed by atoms with Crippen LogP contribution in [-0.2, 0) is 14.4 Å². The maximum atomic E-state index is 14.3. The molecule has 4 aliphatic rings. The summed E-state index contributed by atoms with van der Waals surface area (Å²) in [6, 6.07) is 17.5. The molecule has 53 heavy (non-hydrogen) atoms. The van der Waals surface area contributed by atoms with E-state index in [-0.39, 0.29) is 29.3 Å². The number of benzene rings is 3. The van der Waals surface area contributed by atoms with Gasteiger partial charge in [0.2, 0.25) is 11.8 Å². The molecule has 12 heteroatoms. The molecule has 278 valence electrons. The molecule has 4 fully saturated rings. The number of ether oxygens (including phenoxy) is 2. The van der Waals surface area contributed by atoms with E-state index < -0.39 is 23.5 Å². The first-order valence-corrected chi connectivity index (χ1v) is 18.5. The average molecular weight is 722 g/mol. The number of carbonyl (C=O) groups is 4. The zero-order chi connectivity index (χ0) is 37.4. The number of hydrogen-bond acceptors (Lipinski definition) is 7. The second-order valence-electron chi connectivity index (χ2n) is 14.9. The third-order valence-electron chi connectivity index (χ3n) is 11.7. The van der Waals surface area contributed by atoms with Crippen LogP contribution in [0.2, 0.25) is 0 Å². The van der Waals surface area contributed by atoms with Crippen LogP contribution in [-0.4, -0.2) is 64.4 Å². The Morgan fingerprint density at radius 3 is 2.13 bits per heavy atom. The predicted octanol–water partition coefficient (Wildman–Crippen LogP) is 6.35. The minimum atomic E-state index is -1.35. The Kier molecular flexibility index (Phi) is 9.89. The number of carboxylic acids is 1. The summed E-state index contributed by atoms with van der Waals surface area (Å²) in [6.07, 6.45) is 6.52. The first-order chi connectivity index (χ1) is 25.6. The molecule has 3 aromatic carbocycles. The van der Waals surface area contributed by atoms with E-state index in [2.05, 4.69) is 16.0 Å². The van der Waals surface area contributed by atoms with Crippen molar-refractivity contribution in [2.75, 3.05) is 19.5 Å². The number of aromatic nitrogens is 2. The van der Waals surface area contributed by atoms with Gasteiger partial charge >= 0.3 is 5.97 Å². The van der Waals surface area contributed by atoms with Crippen molar-refractivity contribution in [3.05, 3.63) is 66.4 Å². The minimum absolute atomic E-state index is 0.0536.